The number of rotatable bonds is 12. The van der Waals surface area contributed by atoms with Crippen molar-refractivity contribution >= 4 is 28.5 Å². The van der Waals surface area contributed by atoms with Gasteiger partial charge in [0.1, 0.15) is 5.52 Å². The number of hydrogen-bond acceptors (Lipinski definition) is 5. The molecule has 3 aromatic carbocycles. The summed E-state index contributed by atoms with van der Waals surface area (Å²) in [5.41, 5.74) is 5.28. The first kappa shape index (κ1) is 24.2. The summed E-state index contributed by atoms with van der Waals surface area (Å²) in [6, 6.07) is 23.6. The number of Topliss-reactive ketones (excluding diaryl/α,β-unsaturated/α-hetero) is 1. The predicted octanol–water partition coefficient (Wildman–Crippen LogP) is 7.28. The lowest BCUT2D eigenvalue weighted by molar-refractivity contribution is -0.137. The molecule has 0 spiro atoms. The number of unbranched alkanes of at least 4 members (excludes halogenated alkanes) is 1. The maximum Gasteiger partial charge on any atom is 0.303 e. The molecule has 1 unspecified atom stereocenters. The van der Waals surface area contributed by atoms with Crippen molar-refractivity contribution in [1.82, 2.24) is 4.98 Å². The summed E-state index contributed by atoms with van der Waals surface area (Å²) in [6.07, 6.45) is 3.77. The highest BCUT2D eigenvalue weighted by atomic mass is 16.4. The molecular formula is C29H30N2O4. The van der Waals surface area contributed by atoms with Gasteiger partial charge in [0.25, 0.3) is 0 Å². The molecule has 35 heavy (non-hydrogen) atoms. The zero-order valence-electron chi connectivity index (χ0n) is 19.9. The SMILES string of the molecule is CCCCC(Nc1ccc(C(=O)CCCC(=O)O)cc1)c1ccc(-c2nc3ccccc3o2)cc1. The molecule has 6 heteroatoms. The number of para-hydroxylation sites is 2. The second-order valence-electron chi connectivity index (χ2n) is 8.70. The van der Waals surface area contributed by atoms with Crippen molar-refractivity contribution in [1.29, 1.82) is 0 Å². The number of carbonyl (C=O) groups is 2. The molecule has 4 aromatic rings. The number of nitrogens with zero attached hydrogens (tertiary/aromatic N) is 1. The topological polar surface area (TPSA) is 92.4 Å². The van der Waals surface area contributed by atoms with Gasteiger partial charge in [-0.05, 0) is 66.9 Å². The third kappa shape index (κ3) is 6.35. The van der Waals surface area contributed by atoms with Gasteiger partial charge in [0.05, 0.1) is 6.04 Å². The average Bonchev–Trinajstić information content (AvgIpc) is 3.31. The molecule has 0 bridgehead atoms. The number of anilines is 1. The molecule has 6 nitrogen and oxygen atoms in total. The molecule has 0 aliphatic carbocycles. The molecule has 0 radical (unpaired) electrons. The second-order valence-corrected chi connectivity index (χ2v) is 8.70. The molecule has 0 amide bonds. The molecule has 0 aliphatic rings. The van der Waals surface area contributed by atoms with E-state index in [9.17, 15) is 9.59 Å². The summed E-state index contributed by atoms with van der Waals surface area (Å²) in [6.45, 7) is 2.18. The van der Waals surface area contributed by atoms with E-state index in [-0.39, 0.29) is 24.7 Å². The smallest absolute Gasteiger partial charge is 0.303 e. The van der Waals surface area contributed by atoms with E-state index in [0.717, 1.165) is 41.6 Å². The van der Waals surface area contributed by atoms with Crippen LogP contribution in [0, 0.1) is 0 Å². The minimum absolute atomic E-state index is 0.00961. The normalized spacial score (nSPS) is 11.9. The summed E-state index contributed by atoms with van der Waals surface area (Å²) in [4.78, 5) is 27.5. The van der Waals surface area contributed by atoms with E-state index in [0.29, 0.717) is 17.9 Å². The van der Waals surface area contributed by atoms with Gasteiger partial charge in [0.2, 0.25) is 5.89 Å². The summed E-state index contributed by atoms with van der Waals surface area (Å²) in [5.74, 6) is -0.299. The number of aromatic nitrogens is 1. The largest absolute Gasteiger partial charge is 0.481 e. The Labute approximate surface area is 205 Å². The van der Waals surface area contributed by atoms with E-state index in [4.69, 9.17) is 9.52 Å². The number of carbonyl (C=O) groups excluding carboxylic acids is 1. The number of aliphatic carboxylic acids is 1. The molecule has 1 heterocycles. The standard InChI is InChI=1S/C29H30N2O4/c1-2-3-7-24(30-23-18-16-21(17-19-23)26(32)9-6-11-28(33)34)20-12-14-22(15-13-20)29-31-25-8-4-5-10-27(25)35-29/h4-5,8,10,12-19,24,30H,2-3,6-7,9,11H2,1H3,(H,33,34). The van der Waals surface area contributed by atoms with Crippen LogP contribution in [-0.2, 0) is 4.79 Å². The van der Waals surface area contributed by atoms with E-state index < -0.39 is 5.97 Å². The molecule has 0 saturated carbocycles. The third-order valence-electron chi connectivity index (χ3n) is 6.04. The van der Waals surface area contributed by atoms with Crippen molar-refractivity contribution in [3.8, 4) is 11.5 Å². The van der Waals surface area contributed by atoms with E-state index in [2.05, 4.69) is 29.4 Å². The highest BCUT2D eigenvalue weighted by Crippen LogP contribution is 2.29. The van der Waals surface area contributed by atoms with Crippen LogP contribution in [0.25, 0.3) is 22.6 Å². The summed E-state index contributed by atoms with van der Waals surface area (Å²) >= 11 is 0. The Hall–Kier alpha value is -3.93. The number of hydrogen-bond donors (Lipinski definition) is 2. The van der Waals surface area contributed by atoms with Gasteiger partial charge >= 0.3 is 5.97 Å². The number of nitrogens with one attached hydrogen (secondary N) is 1. The number of carboxylic acids is 1. The molecule has 0 aliphatic heterocycles. The molecule has 1 atom stereocenters. The Morgan fingerprint density at radius 2 is 1.69 bits per heavy atom. The fourth-order valence-electron chi connectivity index (χ4n) is 4.08. The first-order valence-corrected chi connectivity index (χ1v) is 12.1. The second kappa shape index (κ2) is 11.5. The van der Waals surface area contributed by atoms with Crippen LogP contribution in [0.15, 0.2) is 77.2 Å². The quantitative estimate of drug-likeness (QED) is 0.211. The highest BCUT2D eigenvalue weighted by Gasteiger charge is 2.14. The molecular weight excluding hydrogens is 440 g/mol. The number of fused-ring (bicyclic) bond motifs is 1. The molecule has 4 rings (SSSR count). The van der Waals surface area contributed by atoms with Crippen LogP contribution < -0.4 is 5.32 Å². The fourth-order valence-corrected chi connectivity index (χ4v) is 4.08. The van der Waals surface area contributed by atoms with Crippen LogP contribution in [0.1, 0.15) is 67.4 Å². The van der Waals surface area contributed by atoms with Crippen molar-refractivity contribution < 1.29 is 19.1 Å². The Morgan fingerprint density at radius 1 is 0.943 bits per heavy atom. The Bertz CT molecular complexity index is 1240. The Balaban J connectivity index is 1.45. The number of oxazole rings is 1. The molecule has 180 valence electrons. The van der Waals surface area contributed by atoms with E-state index in [1.165, 1.54) is 5.56 Å². The lowest BCUT2D eigenvalue weighted by atomic mass is 9.99. The van der Waals surface area contributed by atoms with Crippen molar-refractivity contribution in [3.63, 3.8) is 0 Å². The first-order chi connectivity index (χ1) is 17.0. The van der Waals surface area contributed by atoms with Crippen molar-refractivity contribution in [2.75, 3.05) is 5.32 Å². The molecule has 0 saturated heterocycles. The molecule has 1 aromatic heterocycles. The molecule has 0 fully saturated rings. The fraction of sp³-hybridized carbons (Fsp3) is 0.276. The lowest BCUT2D eigenvalue weighted by Crippen LogP contribution is -2.11. The van der Waals surface area contributed by atoms with Crippen molar-refractivity contribution in [2.45, 2.75) is 51.5 Å². The van der Waals surface area contributed by atoms with E-state index in [1.54, 1.807) is 12.1 Å². The minimum Gasteiger partial charge on any atom is -0.481 e. The maximum atomic E-state index is 12.3. The van der Waals surface area contributed by atoms with Crippen LogP contribution in [0.4, 0.5) is 5.69 Å². The van der Waals surface area contributed by atoms with Crippen molar-refractivity contribution in [3.05, 3.63) is 83.9 Å². The van der Waals surface area contributed by atoms with Crippen LogP contribution >= 0.6 is 0 Å². The number of ketones is 1. The van der Waals surface area contributed by atoms with Gasteiger partial charge in [0.15, 0.2) is 11.4 Å². The van der Waals surface area contributed by atoms with E-state index in [1.807, 2.05) is 48.5 Å². The van der Waals surface area contributed by atoms with E-state index >= 15 is 0 Å². The Kier molecular flexibility index (Phi) is 7.93. The van der Waals surface area contributed by atoms with Gasteiger partial charge in [-0.15, -0.1) is 0 Å². The van der Waals surface area contributed by atoms with Crippen LogP contribution in [0.3, 0.4) is 0 Å². The van der Waals surface area contributed by atoms with Gasteiger partial charge in [-0.2, -0.15) is 0 Å². The minimum atomic E-state index is -0.877. The summed E-state index contributed by atoms with van der Waals surface area (Å²) in [7, 11) is 0. The van der Waals surface area contributed by atoms with Gasteiger partial charge in [0, 0.05) is 29.7 Å². The van der Waals surface area contributed by atoms with Crippen molar-refractivity contribution in [2.24, 2.45) is 0 Å². The van der Waals surface area contributed by atoms with Crippen LogP contribution in [-0.4, -0.2) is 21.8 Å². The zero-order chi connectivity index (χ0) is 24.6. The maximum absolute atomic E-state index is 12.3. The number of carboxylic acid groups (broad SMARTS) is 1. The van der Waals surface area contributed by atoms with Gasteiger partial charge < -0.3 is 14.8 Å². The van der Waals surface area contributed by atoms with Crippen LogP contribution in [0.5, 0.6) is 0 Å². The summed E-state index contributed by atoms with van der Waals surface area (Å²) < 4.78 is 5.90. The number of benzene rings is 3. The van der Waals surface area contributed by atoms with Crippen LogP contribution in [0.2, 0.25) is 0 Å². The molecule has 2 N–H and O–H groups in total. The summed E-state index contributed by atoms with van der Waals surface area (Å²) in [5, 5.41) is 12.4. The lowest BCUT2D eigenvalue weighted by Gasteiger charge is -2.21. The third-order valence-corrected chi connectivity index (χ3v) is 6.04. The van der Waals surface area contributed by atoms with Gasteiger partial charge in [-0.3, -0.25) is 9.59 Å². The Morgan fingerprint density at radius 3 is 2.37 bits per heavy atom. The van der Waals surface area contributed by atoms with Gasteiger partial charge in [-0.25, -0.2) is 4.98 Å². The average molecular weight is 471 g/mol. The zero-order valence-corrected chi connectivity index (χ0v) is 19.9. The van der Waals surface area contributed by atoms with Gasteiger partial charge in [-0.1, -0.05) is 44.0 Å². The predicted molar refractivity (Wildman–Crippen MR) is 138 cm³/mol. The monoisotopic (exact) mass is 470 g/mol. The first-order valence-electron chi connectivity index (χ1n) is 12.1. The highest BCUT2D eigenvalue weighted by molar-refractivity contribution is 5.96.